The van der Waals surface area contributed by atoms with Crippen molar-refractivity contribution in [2.75, 3.05) is 0 Å². The average Bonchev–Trinajstić information content (AvgIpc) is 2.49. The lowest BCUT2D eigenvalue weighted by Gasteiger charge is -2.19. The zero-order valence-corrected chi connectivity index (χ0v) is 8.63. The van der Waals surface area contributed by atoms with Crippen molar-refractivity contribution < 1.29 is 9.53 Å². The molecule has 78 valence electrons. The van der Waals surface area contributed by atoms with Gasteiger partial charge < -0.3 is 10.1 Å². The van der Waals surface area contributed by atoms with Gasteiger partial charge in [0.15, 0.2) is 0 Å². The zero-order chi connectivity index (χ0) is 10.6. The number of aromatic amines is 1. The number of aromatic nitrogens is 2. The van der Waals surface area contributed by atoms with E-state index in [0.29, 0.717) is 6.54 Å². The van der Waals surface area contributed by atoms with E-state index >= 15 is 0 Å². The van der Waals surface area contributed by atoms with E-state index in [1.807, 2.05) is 20.8 Å². The van der Waals surface area contributed by atoms with E-state index in [1.54, 1.807) is 12.3 Å². The third-order valence-corrected chi connectivity index (χ3v) is 1.37. The average molecular weight is 197 g/mol. The van der Waals surface area contributed by atoms with Crippen LogP contribution < -0.4 is 5.32 Å². The molecule has 1 heterocycles. The van der Waals surface area contributed by atoms with Crippen molar-refractivity contribution in [3.63, 3.8) is 0 Å². The molecule has 5 nitrogen and oxygen atoms in total. The molecule has 0 aromatic carbocycles. The number of carbonyl (C=O) groups is 1. The van der Waals surface area contributed by atoms with Crippen LogP contribution in [0.15, 0.2) is 12.3 Å². The molecule has 0 aliphatic heterocycles. The summed E-state index contributed by atoms with van der Waals surface area (Å²) in [7, 11) is 0. The quantitative estimate of drug-likeness (QED) is 0.753. The van der Waals surface area contributed by atoms with E-state index in [-0.39, 0.29) is 0 Å². The van der Waals surface area contributed by atoms with Crippen molar-refractivity contribution >= 4 is 6.09 Å². The number of hydrogen-bond acceptors (Lipinski definition) is 3. The van der Waals surface area contributed by atoms with E-state index in [1.165, 1.54) is 0 Å². The van der Waals surface area contributed by atoms with Crippen molar-refractivity contribution in [1.29, 1.82) is 0 Å². The molecule has 0 fully saturated rings. The number of ether oxygens (including phenoxy) is 1. The first-order valence-electron chi connectivity index (χ1n) is 4.43. The summed E-state index contributed by atoms with van der Waals surface area (Å²) in [4.78, 5) is 11.2. The van der Waals surface area contributed by atoms with Crippen molar-refractivity contribution in [1.82, 2.24) is 15.5 Å². The van der Waals surface area contributed by atoms with Crippen LogP contribution in [0.4, 0.5) is 4.79 Å². The van der Waals surface area contributed by atoms with E-state index in [9.17, 15) is 4.79 Å². The minimum Gasteiger partial charge on any atom is -0.444 e. The number of nitrogens with zero attached hydrogens (tertiary/aromatic N) is 1. The first kappa shape index (κ1) is 10.6. The molecular weight excluding hydrogens is 182 g/mol. The first-order chi connectivity index (χ1) is 6.47. The van der Waals surface area contributed by atoms with Gasteiger partial charge in [-0.15, -0.1) is 0 Å². The molecule has 1 aromatic rings. The van der Waals surface area contributed by atoms with Gasteiger partial charge in [0, 0.05) is 6.20 Å². The van der Waals surface area contributed by atoms with Crippen molar-refractivity contribution in [2.24, 2.45) is 0 Å². The van der Waals surface area contributed by atoms with Gasteiger partial charge in [0.1, 0.15) is 5.60 Å². The Labute approximate surface area is 82.8 Å². The molecule has 0 unspecified atom stereocenters. The number of alkyl carbamates (subject to hydrolysis) is 1. The van der Waals surface area contributed by atoms with Crippen LogP contribution in [0.5, 0.6) is 0 Å². The lowest BCUT2D eigenvalue weighted by atomic mass is 10.2. The maximum absolute atomic E-state index is 11.2. The van der Waals surface area contributed by atoms with Crippen LogP contribution in [-0.4, -0.2) is 21.9 Å². The zero-order valence-electron chi connectivity index (χ0n) is 8.63. The van der Waals surface area contributed by atoms with Gasteiger partial charge in [0.05, 0.1) is 12.2 Å². The molecule has 5 heteroatoms. The van der Waals surface area contributed by atoms with E-state index < -0.39 is 11.7 Å². The fourth-order valence-electron chi connectivity index (χ4n) is 0.866. The van der Waals surface area contributed by atoms with Crippen molar-refractivity contribution in [3.05, 3.63) is 18.0 Å². The molecule has 0 aliphatic carbocycles. The van der Waals surface area contributed by atoms with E-state index in [4.69, 9.17) is 4.74 Å². The van der Waals surface area contributed by atoms with Gasteiger partial charge in [-0.25, -0.2) is 4.79 Å². The Morgan fingerprint density at radius 1 is 1.64 bits per heavy atom. The second kappa shape index (κ2) is 4.13. The highest BCUT2D eigenvalue weighted by Gasteiger charge is 2.15. The van der Waals surface area contributed by atoms with Gasteiger partial charge in [-0.2, -0.15) is 5.10 Å². The summed E-state index contributed by atoms with van der Waals surface area (Å²) >= 11 is 0. The molecule has 14 heavy (non-hydrogen) atoms. The predicted octanol–water partition coefficient (Wildman–Crippen LogP) is 1.43. The van der Waals surface area contributed by atoms with Gasteiger partial charge in [-0.05, 0) is 26.8 Å². The van der Waals surface area contributed by atoms with Gasteiger partial charge in [-0.1, -0.05) is 0 Å². The second-order valence-electron chi connectivity index (χ2n) is 3.92. The SMILES string of the molecule is CC(C)(C)OC(=O)NCc1cc[nH]n1. The monoisotopic (exact) mass is 197 g/mol. The number of hydrogen-bond donors (Lipinski definition) is 2. The van der Waals surface area contributed by atoms with Crippen molar-refractivity contribution in [3.8, 4) is 0 Å². The molecule has 0 saturated carbocycles. The fourth-order valence-corrected chi connectivity index (χ4v) is 0.866. The van der Waals surface area contributed by atoms with Crippen LogP contribution in [0.25, 0.3) is 0 Å². The maximum atomic E-state index is 11.2. The van der Waals surface area contributed by atoms with Crippen LogP contribution in [-0.2, 0) is 11.3 Å². The number of amides is 1. The molecule has 1 amide bonds. The number of nitrogens with one attached hydrogen (secondary N) is 2. The standard InChI is InChI=1S/C9H15N3O2/c1-9(2,3)14-8(13)10-6-7-4-5-11-12-7/h4-5H,6H2,1-3H3,(H,10,13)(H,11,12). The Kier molecular flexibility index (Phi) is 3.11. The third kappa shape index (κ3) is 3.93. The Morgan fingerprint density at radius 2 is 2.36 bits per heavy atom. The topological polar surface area (TPSA) is 67.0 Å². The third-order valence-electron chi connectivity index (χ3n) is 1.37. The molecule has 1 rings (SSSR count). The highest BCUT2D eigenvalue weighted by Crippen LogP contribution is 2.06. The molecule has 0 radical (unpaired) electrons. The number of H-pyrrole nitrogens is 1. The molecule has 0 atom stereocenters. The fraction of sp³-hybridized carbons (Fsp3) is 0.556. The number of carbonyl (C=O) groups excluding carboxylic acids is 1. The maximum Gasteiger partial charge on any atom is 0.407 e. The number of rotatable bonds is 2. The summed E-state index contributed by atoms with van der Waals surface area (Å²) in [6.07, 6.45) is 1.27. The molecule has 1 aromatic heterocycles. The highest BCUT2D eigenvalue weighted by molar-refractivity contribution is 5.67. The molecule has 2 N–H and O–H groups in total. The summed E-state index contributed by atoms with van der Waals surface area (Å²) in [5, 5.41) is 9.15. The van der Waals surface area contributed by atoms with Gasteiger partial charge >= 0.3 is 6.09 Å². The summed E-state index contributed by atoms with van der Waals surface area (Å²) in [6, 6.07) is 1.79. The summed E-state index contributed by atoms with van der Waals surface area (Å²) in [5.74, 6) is 0. The smallest absolute Gasteiger partial charge is 0.407 e. The van der Waals surface area contributed by atoms with Crippen LogP contribution >= 0.6 is 0 Å². The normalized spacial score (nSPS) is 11.1. The van der Waals surface area contributed by atoms with Gasteiger partial charge in [-0.3, -0.25) is 5.10 Å². The largest absolute Gasteiger partial charge is 0.444 e. The Balaban J connectivity index is 2.29. The van der Waals surface area contributed by atoms with E-state index in [0.717, 1.165) is 5.69 Å². The highest BCUT2D eigenvalue weighted by atomic mass is 16.6. The molecule has 0 bridgehead atoms. The van der Waals surface area contributed by atoms with Crippen LogP contribution in [0.2, 0.25) is 0 Å². The van der Waals surface area contributed by atoms with Crippen LogP contribution in [0, 0.1) is 0 Å². The minimum absolute atomic E-state index is 0.373. The summed E-state index contributed by atoms with van der Waals surface area (Å²) < 4.78 is 5.05. The summed E-state index contributed by atoms with van der Waals surface area (Å²) in [5.41, 5.74) is 0.311. The van der Waals surface area contributed by atoms with Gasteiger partial charge in [0.2, 0.25) is 0 Å². The predicted molar refractivity (Wildman–Crippen MR) is 51.7 cm³/mol. The summed E-state index contributed by atoms with van der Waals surface area (Å²) in [6.45, 7) is 5.84. The minimum atomic E-state index is -0.463. The van der Waals surface area contributed by atoms with Crippen molar-refractivity contribution in [2.45, 2.75) is 32.9 Å². The molecule has 0 spiro atoms. The molecular formula is C9H15N3O2. The Hall–Kier alpha value is -1.52. The Bertz CT molecular complexity index is 288. The van der Waals surface area contributed by atoms with Gasteiger partial charge in [0.25, 0.3) is 0 Å². The lowest BCUT2D eigenvalue weighted by molar-refractivity contribution is 0.0523. The second-order valence-corrected chi connectivity index (χ2v) is 3.92. The Morgan fingerprint density at radius 3 is 2.86 bits per heavy atom. The van der Waals surface area contributed by atoms with Crippen LogP contribution in [0.3, 0.4) is 0 Å². The lowest BCUT2D eigenvalue weighted by Crippen LogP contribution is -2.32. The van der Waals surface area contributed by atoms with Crippen LogP contribution in [0.1, 0.15) is 26.5 Å². The first-order valence-corrected chi connectivity index (χ1v) is 4.43. The molecule has 0 aliphatic rings. The van der Waals surface area contributed by atoms with E-state index in [2.05, 4.69) is 15.5 Å². The molecule has 0 saturated heterocycles.